The lowest BCUT2D eigenvalue weighted by Crippen LogP contribution is -2.58. The molecule has 114 valence electrons. The maximum absolute atomic E-state index is 13.6. The van der Waals surface area contributed by atoms with E-state index in [1.807, 2.05) is 0 Å². The molecule has 0 spiro atoms. The number of halogens is 2. The maximum atomic E-state index is 13.6. The molecule has 0 aromatic heterocycles. The fourth-order valence-corrected chi connectivity index (χ4v) is 2.34. The summed E-state index contributed by atoms with van der Waals surface area (Å²) in [6, 6.07) is 3.45. The first-order valence-corrected chi connectivity index (χ1v) is 6.84. The monoisotopic (exact) mass is 314 g/mol. The molecule has 1 fully saturated rings. The van der Waals surface area contributed by atoms with Gasteiger partial charge >= 0.3 is 0 Å². The minimum atomic E-state index is -0.609. The Bertz CT molecular complexity index is 555. The quantitative estimate of drug-likeness (QED) is 0.739. The highest BCUT2D eigenvalue weighted by Crippen LogP contribution is 2.18. The number of nitrogens with zero attached hydrogens (tertiary/aromatic N) is 1. The Labute approximate surface area is 126 Å². The normalized spacial score (nSPS) is 19.2. The molecule has 21 heavy (non-hydrogen) atoms. The van der Waals surface area contributed by atoms with Crippen LogP contribution >= 0.6 is 11.6 Å². The van der Waals surface area contributed by atoms with Gasteiger partial charge in [-0.15, -0.1) is 0 Å². The minimum absolute atomic E-state index is 0.0304. The molecule has 1 aromatic carbocycles. The molecule has 8 heteroatoms. The number of nitrogens with one attached hydrogen (secondary N) is 2. The average Bonchev–Trinajstić information content (AvgIpc) is 2.42. The number of amides is 2. The molecule has 1 unspecified atom stereocenters. The van der Waals surface area contributed by atoms with E-state index in [2.05, 4.69) is 10.6 Å². The van der Waals surface area contributed by atoms with Gasteiger partial charge in [0.05, 0.1) is 12.2 Å². The van der Waals surface area contributed by atoms with Crippen LogP contribution < -0.4 is 16.4 Å². The van der Waals surface area contributed by atoms with Crippen LogP contribution in [0.5, 0.6) is 0 Å². The maximum Gasteiger partial charge on any atom is 0.238 e. The summed E-state index contributed by atoms with van der Waals surface area (Å²) in [6.45, 7) is 1.55. The largest absolute Gasteiger partial charge is 0.368 e. The van der Waals surface area contributed by atoms with Gasteiger partial charge in [-0.25, -0.2) is 4.39 Å². The van der Waals surface area contributed by atoms with Crippen LogP contribution in [-0.2, 0) is 9.59 Å². The predicted molar refractivity (Wildman–Crippen MR) is 77.5 cm³/mol. The van der Waals surface area contributed by atoms with Crippen LogP contribution in [0.2, 0.25) is 5.02 Å². The van der Waals surface area contributed by atoms with Gasteiger partial charge in [0, 0.05) is 24.7 Å². The molecular formula is C13H16ClFN4O2. The fourth-order valence-electron chi connectivity index (χ4n) is 2.18. The molecule has 1 atom stereocenters. The van der Waals surface area contributed by atoms with Gasteiger partial charge in [0.2, 0.25) is 11.8 Å². The fraction of sp³-hybridized carbons (Fsp3) is 0.385. The van der Waals surface area contributed by atoms with Crippen LogP contribution in [0.3, 0.4) is 0 Å². The van der Waals surface area contributed by atoms with E-state index in [0.717, 1.165) is 6.07 Å². The number of carbonyl (C=O) groups is 2. The van der Waals surface area contributed by atoms with E-state index in [1.165, 1.54) is 12.1 Å². The Kier molecular flexibility index (Phi) is 5.11. The Morgan fingerprint density at radius 1 is 1.52 bits per heavy atom. The Morgan fingerprint density at radius 2 is 2.29 bits per heavy atom. The van der Waals surface area contributed by atoms with Gasteiger partial charge < -0.3 is 16.4 Å². The van der Waals surface area contributed by atoms with Gasteiger partial charge in [-0.05, 0) is 18.2 Å². The predicted octanol–water partition coefficient (Wildman–Crippen LogP) is 0.177. The van der Waals surface area contributed by atoms with Crippen LogP contribution in [0, 0.1) is 5.82 Å². The van der Waals surface area contributed by atoms with E-state index in [1.54, 1.807) is 4.90 Å². The zero-order chi connectivity index (χ0) is 15.4. The van der Waals surface area contributed by atoms with Gasteiger partial charge in [0.1, 0.15) is 11.9 Å². The van der Waals surface area contributed by atoms with Crippen molar-refractivity contribution in [2.45, 2.75) is 6.04 Å². The zero-order valence-electron chi connectivity index (χ0n) is 11.2. The highest BCUT2D eigenvalue weighted by atomic mass is 35.5. The topological polar surface area (TPSA) is 87.5 Å². The summed E-state index contributed by atoms with van der Waals surface area (Å²) in [5.41, 5.74) is 5.35. The first kappa shape index (κ1) is 15.7. The van der Waals surface area contributed by atoms with Crippen LogP contribution in [0.4, 0.5) is 10.1 Å². The van der Waals surface area contributed by atoms with Crippen molar-refractivity contribution >= 4 is 29.1 Å². The van der Waals surface area contributed by atoms with Gasteiger partial charge in [-0.2, -0.15) is 0 Å². The first-order chi connectivity index (χ1) is 9.97. The van der Waals surface area contributed by atoms with Crippen molar-refractivity contribution in [1.29, 1.82) is 0 Å². The average molecular weight is 315 g/mol. The molecular weight excluding hydrogens is 299 g/mol. The molecule has 1 aromatic rings. The second-order valence-electron chi connectivity index (χ2n) is 4.77. The Morgan fingerprint density at radius 3 is 2.95 bits per heavy atom. The van der Waals surface area contributed by atoms with E-state index in [0.29, 0.717) is 19.6 Å². The number of piperazine rings is 1. The number of hydrogen-bond acceptors (Lipinski definition) is 4. The van der Waals surface area contributed by atoms with Crippen molar-refractivity contribution in [2.75, 3.05) is 31.5 Å². The standard InChI is InChI=1S/C13H16ClFN4O2/c14-8-1-2-10(9(15)5-8)18-12(20)7-19-4-3-17-6-11(19)13(16)21/h1-2,5,11,17H,3-4,6-7H2,(H2,16,21)(H,18,20). The third-order valence-electron chi connectivity index (χ3n) is 3.23. The number of benzene rings is 1. The van der Waals surface area contributed by atoms with Gasteiger partial charge in [0.15, 0.2) is 0 Å². The number of hydrogen-bond donors (Lipinski definition) is 3. The zero-order valence-corrected chi connectivity index (χ0v) is 12.0. The smallest absolute Gasteiger partial charge is 0.238 e. The lowest BCUT2D eigenvalue weighted by Gasteiger charge is -2.33. The molecule has 0 radical (unpaired) electrons. The second-order valence-corrected chi connectivity index (χ2v) is 5.20. The molecule has 0 bridgehead atoms. The van der Waals surface area contributed by atoms with Crippen LogP contribution in [0.15, 0.2) is 18.2 Å². The minimum Gasteiger partial charge on any atom is -0.368 e. The molecule has 0 aliphatic carbocycles. The summed E-state index contributed by atoms with van der Waals surface area (Å²) in [5.74, 6) is -1.51. The summed E-state index contributed by atoms with van der Waals surface area (Å²) in [7, 11) is 0. The summed E-state index contributed by atoms with van der Waals surface area (Å²) in [6.07, 6.45) is 0. The molecule has 1 heterocycles. The van der Waals surface area contributed by atoms with Crippen LogP contribution in [0.25, 0.3) is 0 Å². The van der Waals surface area contributed by atoms with Crippen LogP contribution in [0.1, 0.15) is 0 Å². The molecule has 6 nitrogen and oxygen atoms in total. The first-order valence-electron chi connectivity index (χ1n) is 6.46. The molecule has 2 rings (SSSR count). The molecule has 1 saturated heterocycles. The number of anilines is 1. The van der Waals surface area contributed by atoms with E-state index in [-0.39, 0.29) is 17.3 Å². The van der Waals surface area contributed by atoms with E-state index < -0.39 is 23.7 Å². The van der Waals surface area contributed by atoms with Crippen molar-refractivity contribution in [1.82, 2.24) is 10.2 Å². The molecule has 4 N–H and O–H groups in total. The van der Waals surface area contributed by atoms with E-state index in [9.17, 15) is 14.0 Å². The highest BCUT2D eigenvalue weighted by Gasteiger charge is 2.28. The molecule has 0 saturated carbocycles. The lowest BCUT2D eigenvalue weighted by molar-refractivity contribution is -0.125. The Hall–Kier alpha value is -1.70. The molecule has 1 aliphatic heterocycles. The summed E-state index contributed by atoms with van der Waals surface area (Å²) in [4.78, 5) is 25.0. The van der Waals surface area contributed by atoms with Crippen molar-refractivity contribution < 1.29 is 14.0 Å². The van der Waals surface area contributed by atoms with Gasteiger partial charge in [-0.3, -0.25) is 14.5 Å². The second kappa shape index (κ2) is 6.84. The third-order valence-corrected chi connectivity index (χ3v) is 3.47. The van der Waals surface area contributed by atoms with Crippen molar-refractivity contribution in [2.24, 2.45) is 5.73 Å². The lowest BCUT2D eigenvalue weighted by atomic mass is 10.2. The molecule has 2 amide bonds. The molecule has 1 aliphatic rings. The van der Waals surface area contributed by atoms with Crippen LogP contribution in [-0.4, -0.2) is 48.9 Å². The summed E-state index contributed by atoms with van der Waals surface area (Å²) in [5, 5.41) is 5.74. The number of carbonyl (C=O) groups excluding carboxylic acids is 2. The number of rotatable bonds is 4. The van der Waals surface area contributed by atoms with Gasteiger partial charge in [0.25, 0.3) is 0 Å². The summed E-state index contributed by atoms with van der Waals surface area (Å²) >= 11 is 5.64. The van der Waals surface area contributed by atoms with Crippen molar-refractivity contribution in [3.05, 3.63) is 29.0 Å². The highest BCUT2D eigenvalue weighted by molar-refractivity contribution is 6.30. The van der Waals surface area contributed by atoms with Gasteiger partial charge in [-0.1, -0.05) is 11.6 Å². The number of primary amides is 1. The SMILES string of the molecule is NC(=O)C1CNCCN1CC(=O)Nc1ccc(Cl)cc1F. The van der Waals surface area contributed by atoms with Crippen molar-refractivity contribution in [3.63, 3.8) is 0 Å². The number of nitrogens with two attached hydrogens (primary N) is 1. The van der Waals surface area contributed by atoms with E-state index >= 15 is 0 Å². The van der Waals surface area contributed by atoms with E-state index in [4.69, 9.17) is 17.3 Å². The third kappa shape index (κ3) is 4.13. The Balaban J connectivity index is 1.98. The van der Waals surface area contributed by atoms with Crippen molar-refractivity contribution in [3.8, 4) is 0 Å². The summed E-state index contributed by atoms with van der Waals surface area (Å²) < 4.78 is 13.6.